The van der Waals surface area contributed by atoms with Crippen molar-refractivity contribution in [1.82, 2.24) is 0 Å². The maximum atomic E-state index is 10.7. The van der Waals surface area contributed by atoms with Crippen LogP contribution < -0.4 is 0 Å². The van der Waals surface area contributed by atoms with E-state index in [1.54, 1.807) is 0 Å². The number of ether oxygens (including phenoxy) is 1. The average molecular weight is 140 g/mol. The van der Waals surface area contributed by atoms with Crippen LogP contribution in [0.5, 0.6) is 0 Å². The Hall–Kier alpha value is -1.12. The summed E-state index contributed by atoms with van der Waals surface area (Å²) in [5.41, 5.74) is 0. The van der Waals surface area contributed by atoms with E-state index in [4.69, 9.17) is 0 Å². The molecule has 1 heterocycles. The molecule has 0 spiro atoms. The van der Waals surface area contributed by atoms with Crippen molar-refractivity contribution in [3.05, 3.63) is 12.2 Å². The monoisotopic (exact) mass is 140 g/mol. The van der Waals surface area contributed by atoms with Crippen molar-refractivity contribution in [3.63, 3.8) is 0 Å². The van der Waals surface area contributed by atoms with Gasteiger partial charge in [0, 0.05) is 12.5 Å². The highest BCUT2D eigenvalue weighted by atomic mass is 16.5. The Balaban J connectivity index is 2.58. The van der Waals surface area contributed by atoms with Crippen LogP contribution in [0.3, 0.4) is 0 Å². The summed E-state index contributed by atoms with van der Waals surface area (Å²) in [5, 5.41) is 0. The van der Waals surface area contributed by atoms with Gasteiger partial charge in [-0.25, -0.2) is 4.79 Å². The van der Waals surface area contributed by atoms with E-state index >= 15 is 0 Å². The van der Waals surface area contributed by atoms with E-state index in [-0.39, 0.29) is 5.78 Å². The van der Waals surface area contributed by atoms with Crippen LogP contribution in [0.1, 0.15) is 12.8 Å². The summed E-state index contributed by atoms with van der Waals surface area (Å²) < 4.78 is 4.65. The predicted octanol–water partition coefficient (Wildman–Crippen LogP) is 0.449. The number of carbonyl (C=O) groups is 2. The Bertz CT molecular complexity index is 161. The summed E-state index contributed by atoms with van der Waals surface area (Å²) in [4.78, 5) is 21.2. The van der Waals surface area contributed by atoms with Crippen LogP contribution in [0, 0.1) is 0 Å². The highest BCUT2D eigenvalue weighted by Gasteiger charge is 2.04. The summed E-state index contributed by atoms with van der Waals surface area (Å²) in [6, 6.07) is 0. The van der Waals surface area contributed by atoms with Crippen molar-refractivity contribution in [2.75, 3.05) is 6.61 Å². The van der Waals surface area contributed by atoms with Gasteiger partial charge in [0.15, 0.2) is 5.78 Å². The molecule has 0 aliphatic carbocycles. The van der Waals surface area contributed by atoms with Gasteiger partial charge in [-0.05, 0) is 12.5 Å². The normalized spacial score (nSPS) is 19.6. The number of rotatable bonds is 0. The molecular weight excluding hydrogens is 132 g/mol. The van der Waals surface area contributed by atoms with Gasteiger partial charge >= 0.3 is 5.97 Å². The van der Waals surface area contributed by atoms with Gasteiger partial charge < -0.3 is 4.74 Å². The lowest BCUT2D eigenvalue weighted by atomic mass is 10.2. The molecule has 1 rings (SSSR count). The van der Waals surface area contributed by atoms with E-state index in [9.17, 15) is 9.59 Å². The van der Waals surface area contributed by atoms with Gasteiger partial charge in [-0.2, -0.15) is 0 Å². The van der Waals surface area contributed by atoms with Crippen molar-refractivity contribution in [1.29, 1.82) is 0 Å². The van der Waals surface area contributed by atoms with Crippen LogP contribution in [0.2, 0.25) is 0 Å². The molecule has 0 aromatic heterocycles. The van der Waals surface area contributed by atoms with E-state index in [0.717, 1.165) is 0 Å². The second kappa shape index (κ2) is 3.15. The molecule has 10 heavy (non-hydrogen) atoms. The average Bonchev–Trinajstić information content (AvgIpc) is 1.90. The van der Waals surface area contributed by atoms with Crippen LogP contribution in [0.25, 0.3) is 0 Å². The zero-order chi connectivity index (χ0) is 7.40. The molecule has 0 N–H and O–H groups in total. The topological polar surface area (TPSA) is 43.4 Å². The van der Waals surface area contributed by atoms with Crippen LogP contribution in [0.4, 0.5) is 0 Å². The fourth-order valence-electron chi connectivity index (χ4n) is 0.712. The summed E-state index contributed by atoms with van der Waals surface area (Å²) in [5.74, 6) is -0.426. The summed E-state index contributed by atoms with van der Waals surface area (Å²) in [6.07, 6.45) is 3.54. The molecule has 0 saturated carbocycles. The molecular formula is C7H8O3. The number of hydrogen-bond acceptors (Lipinski definition) is 3. The van der Waals surface area contributed by atoms with Crippen molar-refractivity contribution < 1.29 is 14.3 Å². The van der Waals surface area contributed by atoms with Crippen molar-refractivity contribution in [2.24, 2.45) is 0 Å². The van der Waals surface area contributed by atoms with Crippen LogP contribution in [-0.4, -0.2) is 18.4 Å². The molecule has 0 bridgehead atoms. The molecule has 0 radical (unpaired) electrons. The first-order valence-corrected chi connectivity index (χ1v) is 3.17. The number of allylic oxidation sites excluding steroid dienone is 1. The Labute approximate surface area is 58.7 Å². The molecule has 0 amide bonds. The first-order valence-electron chi connectivity index (χ1n) is 3.17. The smallest absolute Gasteiger partial charge is 0.330 e. The standard InChI is InChI=1S/C7H8O3/c8-6-2-1-5-10-7(9)4-3-6/h3-4H,1-2,5H2. The molecule has 3 heteroatoms. The van der Waals surface area contributed by atoms with Gasteiger partial charge in [0.2, 0.25) is 0 Å². The minimum absolute atomic E-state index is 0.00310. The zero-order valence-electron chi connectivity index (χ0n) is 5.50. The van der Waals surface area contributed by atoms with Gasteiger partial charge in [0.25, 0.3) is 0 Å². The Morgan fingerprint density at radius 3 is 2.90 bits per heavy atom. The first-order chi connectivity index (χ1) is 4.79. The van der Waals surface area contributed by atoms with Crippen molar-refractivity contribution in [3.8, 4) is 0 Å². The number of carbonyl (C=O) groups excluding carboxylic acids is 2. The fourth-order valence-corrected chi connectivity index (χ4v) is 0.712. The highest BCUT2D eigenvalue weighted by molar-refractivity contribution is 5.96. The van der Waals surface area contributed by atoms with E-state index in [1.165, 1.54) is 12.2 Å². The Kier molecular flexibility index (Phi) is 2.20. The van der Waals surface area contributed by atoms with Crippen LogP contribution in [-0.2, 0) is 14.3 Å². The largest absolute Gasteiger partial charge is 0.463 e. The van der Waals surface area contributed by atoms with E-state index in [1.807, 2.05) is 0 Å². The molecule has 3 nitrogen and oxygen atoms in total. The van der Waals surface area contributed by atoms with Gasteiger partial charge in [0.05, 0.1) is 6.61 Å². The Morgan fingerprint density at radius 1 is 1.30 bits per heavy atom. The molecule has 54 valence electrons. The highest BCUT2D eigenvalue weighted by Crippen LogP contribution is 1.98. The van der Waals surface area contributed by atoms with Crippen LogP contribution in [0.15, 0.2) is 12.2 Å². The summed E-state index contributed by atoms with van der Waals surface area (Å²) >= 11 is 0. The zero-order valence-corrected chi connectivity index (χ0v) is 5.50. The van der Waals surface area contributed by atoms with E-state index < -0.39 is 5.97 Å². The van der Waals surface area contributed by atoms with Crippen LogP contribution >= 0.6 is 0 Å². The van der Waals surface area contributed by atoms with Gasteiger partial charge in [-0.1, -0.05) is 0 Å². The van der Waals surface area contributed by atoms with Crippen molar-refractivity contribution >= 4 is 11.8 Å². The van der Waals surface area contributed by atoms with Gasteiger partial charge in [-0.3, -0.25) is 4.79 Å². The lowest BCUT2D eigenvalue weighted by Crippen LogP contribution is -2.08. The molecule has 1 aliphatic rings. The quantitative estimate of drug-likeness (QED) is 0.459. The molecule has 0 saturated heterocycles. The minimum atomic E-state index is -0.423. The first kappa shape index (κ1) is 6.99. The maximum Gasteiger partial charge on any atom is 0.330 e. The second-order valence-electron chi connectivity index (χ2n) is 2.07. The van der Waals surface area contributed by atoms with E-state index in [2.05, 4.69) is 4.74 Å². The summed E-state index contributed by atoms with van der Waals surface area (Å²) in [7, 11) is 0. The molecule has 0 fully saturated rings. The summed E-state index contributed by atoms with van der Waals surface area (Å²) in [6.45, 7) is 0.356. The number of esters is 1. The lowest BCUT2D eigenvalue weighted by Gasteiger charge is -2.02. The number of ketones is 1. The lowest BCUT2D eigenvalue weighted by molar-refractivity contribution is -0.138. The van der Waals surface area contributed by atoms with E-state index in [0.29, 0.717) is 19.4 Å². The third-order valence-corrected chi connectivity index (χ3v) is 1.22. The predicted molar refractivity (Wildman–Crippen MR) is 34.3 cm³/mol. The molecule has 1 aliphatic heterocycles. The van der Waals surface area contributed by atoms with Crippen molar-refractivity contribution in [2.45, 2.75) is 12.8 Å². The molecule has 0 aromatic carbocycles. The fraction of sp³-hybridized carbons (Fsp3) is 0.429. The second-order valence-corrected chi connectivity index (χ2v) is 2.07. The minimum Gasteiger partial charge on any atom is -0.463 e. The Morgan fingerprint density at radius 2 is 2.10 bits per heavy atom. The molecule has 0 aromatic rings. The van der Waals surface area contributed by atoms with Gasteiger partial charge in [0.1, 0.15) is 0 Å². The number of cyclic esters (lactones) is 1. The number of hydrogen-bond donors (Lipinski definition) is 0. The van der Waals surface area contributed by atoms with Gasteiger partial charge in [-0.15, -0.1) is 0 Å². The SMILES string of the molecule is O=C1C=CC(=O)OCCC1. The maximum absolute atomic E-state index is 10.7. The third-order valence-electron chi connectivity index (χ3n) is 1.22. The molecule has 0 atom stereocenters. The molecule has 0 unspecified atom stereocenters. The third kappa shape index (κ3) is 2.01.